The van der Waals surface area contributed by atoms with Crippen molar-refractivity contribution in [3.05, 3.63) is 29.8 Å². The van der Waals surface area contributed by atoms with Crippen LogP contribution in [-0.2, 0) is 0 Å². The fraction of sp³-hybridized carbons (Fsp3) is 0.625. The van der Waals surface area contributed by atoms with Gasteiger partial charge in [0.05, 0.1) is 0 Å². The average molecular weight is 263 g/mol. The molecule has 1 saturated carbocycles. The molecule has 0 aromatic heterocycles. The first-order chi connectivity index (χ1) is 8.69. The number of thioether (sulfide) groups is 1. The van der Waals surface area contributed by atoms with Crippen LogP contribution in [0.25, 0.3) is 0 Å². The molecule has 1 aromatic carbocycles. The Kier molecular flexibility index (Phi) is 5.13. The standard InChI is InChI=1S/C16H25NS/c1-12-4-8-15(9-5-12)17-13(2)14-6-10-16(18-3)11-7-14/h6-7,10-13,15,17H,4-5,8-9H2,1-3H3. The molecule has 18 heavy (non-hydrogen) atoms. The summed E-state index contributed by atoms with van der Waals surface area (Å²) in [7, 11) is 0. The third-order valence-electron chi connectivity index (χ3n) is 4.12. The highest BCUT2D eigenvalue weighted by Gasteiger charge is 2.19. The normalized spacial score (nSPS) is 25.9. The number of hydrogen-bond acceptors (Lipinski definition) is 2. The molecule has 100 valence electrons. The van der Waals surface area contributed by atoms with Gasteiger partial charge in [-0.05, 0) is 62.5 Å². The Bertz CT molecular complexity index is 352. The van der Waals surface area contributed by atoms with Crippen LogP contribution in [0, 0.1) is 5.92 Å². The van der Waals surface area contributed by atoms with E-state index in [-0.39, 0.29) is 0 Å². The van der Waals surface area contributed by atoms with Crippen molar-refractivity contribution in [1.82, 2.24) is 5.32 Å². The van der Waals surface area contributed by atoms with Gasteiger partial charge in [0.1, 0.15) is 0 Å². The van der Waals surface area contributed by atoms with Crippen LogP contribution in [0.1, 0.15) is 51.1 Å². The molecule has 0 radical (unpaired) electrons. The molecular formula is C16H25NS. The first-order valence-corrected chi connectivity index (χ1v) is 8.31. The molecule has 1 nitrogen and oxygen atoms in total. The molecule has 0 heterocycles. The monoisotopic (exact) mass is 263 g/mol. The molecule has 2 heteroatoms. The molecule has 1 fully saturated rings. The van der Waals surface area contributed by atoms with Gasteiger partial charge in [-0.1, -0.05) is 19.1 Å². The van der Waals surface area contributed by atoms with Crippen molar-refractivity contribution < 1.29 is 0 Å². The van der Waals surface area contributed by atoms with Crippen LogP contribution in [0.4, 0.5) is 0 Å². The molecule has 1 unspecified atom stereocenters. The number of nitrogens with one attached hydrogen (secondary N) is 1. The third kappa shape index (κ3) is 3.76. The van der Waals surface area contributed by atoms with Gasteiger partial charge >= 0.3 is 0 Å². The highest BCUT2D eigenvalue weighted by Crippen LogP contribution is 2.26. The van der Waals surface area contributed by atoms with Crippen molar-refractivity contribution in [3.63, 3.8) is 0 Å². The summed E-state index contributed by atoms with van der Waals surface area (Å²) in [5, 5.41) is 3.79. The van der Waals surface area contributed by atoms with E-state index < -0.39 is 0 Å². The number of rotatable bonds is 4. The van der Waals surface area contributed by atoms with E-state index >= 15 is 0 Å². The molecule has 1 aromatic rings. The van der Waals surface area contributed by atoms with Gasteiger partial charge in [0.2, 0.25) is 0 Å². The Morgan fingerprint density at radius 1 is 1.11 bits per heavy atom. The number of hydrogen-bond donors (Lipinski definition) is 1. The lowest BCUT2D eigenvalue weighted by Gasteiger charge is -2.29. The molecule has 1 aliphatic rings. The van der Waals surface area contributed by atoms with E-state index in [1.54, 1.807) is 11.8 Å². The zero-order valence-corrected chi connectivity index (χ0v) is 12.6. The van der Waals surface area contributed by atoms with Gasteiger partial charge in [0, 0.05) is 17.0 Å². The predicted octanol–water partition coefficient (Wildman–Crippen LogP) is 4.64. The van der Waals surface area contributed by atoms with Crippen molar-refractivity contribution >= 4 is 11.8 Å². The van der Waals surface area contributed by atoms with E-state index in [0.29, 0.717) is 6.04 Å². The molecule has 1 aliphatic carbocycles. The first kappa shape index (κ1) is 14.0. The topological polar surface area (TPSA) is 12.0 Å². The Labute approximate surface area is 116 Å². The maximum Gasteiger partial charge on any atom is 0.0294 e. The van der Waals surface area contributed by atoms with Crippen molar-refractivity contribution in [1.29, 1.82) is 0 Å². The highest BCUT2D eigenvalue weighted by molar-refractivity contribution is 7.98. The summed E-state index contributed by atoms with van der Waals surface area (Å²) in [6.45, 7) is 4.66. The molecule has 0 saturated heterocycles. The van der Waals surface area contributed by atoms with Crippen LogP contribution in [0.2, 0.25) is 0 Å². The first-order valence-electron chi connectivity index (χ1n) is 7.09. The third-order valence-corrected chi connectivity index (χ3v) is 4.86. The van der Waals surface area contributed by atoms with Crippen molar-refractivity contribution in [2.75, 3.05) is 6.26 Å². The summed E-state index contributed by atoms with van der Waals surface area (Å²) in [4.78, 5) is 1.34. The van der Waals surface area contributed by atoms with Gasteiger partial charge in [0.15, 0.2) is 0 Å². The average Bonchev–Trinajstić information content (AvgIpc) is 2.41. The van der Waals surface area contributed by atoms with E-state index in [9.17, 15) is 0 Å². The predicted molar refractivity (Wildman–Crippen MR) is 81.2 cm³/mol. The minimum absolute atomic E-state index is 0.472. The van der Waals surface area contributed by atoms with Gasteiger partial charge in [-0.25, -0.2) is 0 Å². The lowest BCUT2D eigenvalue weighted by Crippen LogP contribution is -2.34. The van der Waals surface area contributed by atoms with Gasteiger partial charge in [0.25, 0.3) is 0 Å². The maximum absolute atomic E-state index is 3.79. The molecular weight excluding hydrogens is 238 g/mol. The van der Waals surface area contributed by atoms with Crippen LogP contribution in [0.15, 0.2) is 29.2 Å². The molecule has 2 rings (SSSR count). The van der Waals surface area contributed by atoms with Crippen molar-refractivity contribution in [2.24, 2.45) is 5.92 Å². The summed E-state index contributed by atoms with van der Waals surface area (Å²) in [6.07, 6.45) is 7.58. The summed E-state index contributed by atoms with van der Waals surface area (Å²) in [5.74, 6) is 0.930. The maximum atomic E-state index is 3.79. The molecule has 1 atom stereocenters. The Hall–Kier alpha value is -0.470. The van der Waals surface area contributed by atoms with Crippen LogP contribution in [-0.4, -0.2) is 12.3 Å². The summed E-state index contributed by atoms with van der Waals surface area (Å²) < 4.78 is 0. The largest absolute Gasteiger partial charge is 0.307 e. The van der Waals surface area contributed by atoms with Crippen molar-refractivity contribution in [3.8, 4) is 0 Å². The fourth-order valence-electron chi connectivity index (χ4n) is 2.77. The molecule has 0 spiro atoms. The van der Waals surface area contributed by atoms with E-state index in [2.05, 4.69) is 49.7 Å². The zero-order chi connectivity index (χ0) is 13.0. The minimum Gasteiger partial charge on any atom is -0.307 e. The van der Waals surface area contributed by atoms with Gasteiger partial charge in [-0.15, -0.1) is 11.8 Å². The minimum atomic E-state index is 0.472. The van der Waals surface area contributed by atoms with Gasteiger partial charge in [-0.2, -0.15) is 0 Å². The Balaban J connectivity index is 1.88. The van der Waals surface area contributed by atoms with Crippen LogP contribution >= 0.6 is 11.8 Å². The van der Waals surface area contributed by atoms with E-state index in [0.717, 1.165) is 12.0 Å². The van der Waals surface area contributed by atoms with Gasteiger partial charge < -0.3 is 5.32 Å². The highest BCUT2D eigenvalue weighted by atomic mass is 32.2. The second-order valence-electron chi connectivity index (χ2n) is 5.62. The van der Waals surface area contributed by atoms with Crippen molar-refractivity contribution in [2.45, 2.75) is 56.5 Å². The van der Waals surface area contributed by atoms with E-state index in [1.807, 2.05) is 0 Å². The quantitative estimate of drug-likeness (QED) is 0.794. The van der Waals surface area contributed by atoms with E-state index in [1.165, 1.54) is 36.1 Å². The molecule has 0 bridgehead atoms. The Morgan fingerprint density at radius 3 is 2.28 bits per heavy atom. The van der Waals surface area contributed by atoms with Crippen LogP contribution in [0.5, 0.6) is 0 Å². The molecule has 0 amide bonds. The second-order valence-corrected chi connectivity index (χ2v) is 6.50. The van der Waals surface area contributed by atoms with Crippen LogP contribution in [0.3, 0.4) is 0 Å². The van der Waals surface area contributed by atoms with E-state index in [4.69, 9.17) is 0 Å². The second kappa shape index (κ2) is 6.63. The molecule has 0 aliphatic heterocycles. The lowest BCUT2D eigenvalue weighted by molar-refractivity contribution is 0.291. The SMILES string of the molecule is CSc1ccc(C(C)NC2CCC(C)CC2)cc1. The Morgan fingerprint density at radius 2 is 1.72 bits per heavy atom. The summed E-state index contributed by atoms with van der Waals surface area (Å²) in [5.41, 5.74) is 1.41. The molecule has 1 N–H and O–H groups in total. The summed E-state index contributed by atoms with van der Waals surface area (Å²) >= 11 is 1.80. The van der Waals surface area contributed by atoms with Gasteiger partial charge in [-0.3, -0.25) is 0 Å². The lowest BCUT2D eigenvalue weighted by atomic mass is 9.87. The zero-order valence-electron chi connectivity index (χ0n) is 11.8. The number of benzene rings is 1. The fourth-order valence-corrected chi connectivity index (χ4v) is 3.18. The van der Waals surface area contributed by atoms with Crippen LogP contribution < -0.4 is 5.32 Å². The summed E-state index contributed by atoms with van der Waals surface area (Å²) in [6, 6.07) is 10.2. The smallest absolute Gasteiger partial charge is 0.0294 e.